The van der Waals surface area contributed by atoms with Crippen molar-refractivity contribution in [2.24, 2.45) is 23.7 Å². The standard InChI is InChI=1S/C21H32N2O3.C21H34N2O2.C14H21N.C14H20N/c1-15(2)20-21(3,4)17-13-16(7-8-18(17)23(20)5)14-22-19(25)9-12-26-11-6-10-24;1-7-11-25-12-10-19(24)22-14-16-8-9-18-17(13-16)21(4,5)20(15(2)3)23(18)6;2*1-10(2)13-14(3,4)11-8-6-7-9-12(11)15(13)5/h7-8,13,15,24H,6,9-12,14H2,1-5H3;8-9,13,15,20H,7,10-12,14H2,1-6H3,(H,22,24);6-10,13H,1-5H3;6-10H,1-5H3/q;;;+1/p+1. The van der Waals surface area contributed by atoms with Gasteiger partial charge in [-0.3, -0.25) is 9.59 Å². The predicted molar refractivity (Wildman–Crippen MR) is 340 cm³/mol. The first-order valence-electron chi connectivity index (χ1n) is 30.4. The van der Waals surface area contributed by atoms with Gasteiger partial charge in [0.25, 0.3) is 0 Å². The molecule has 0 saturated heterocycles. The van der Waals surface area contributed by atoms with Crippen molar-refractivity contribution in [2.45, 2.75) is 190 Å². The summed E-state index contributed by atoms with van der Waals surface area (Å²) in [6, 6.07) is 31.7. The van der Waals surface area contributed by atoms with Crippen LogP contribution in [0.4, 0.5) is 22.7 Å². The molecule has 11 nitrogen and oxygen atoms in total. The van der Waals surface area contributed by atoms with Gasteiger partial charge in [0.2, 0.25) is 23.2 Å². The highest BCUT2D eigenvalue weighted by molar-refractivity contribution is 5.97. The smallest absolute Gasteiger partial charge is 0.222 e. The molecule has 2 amide bonds. The van der Waals surface area contributed by atoms with Gasteiger partial charge in [0, 0.05) is 129 Å². The Bertz CT molecular complexity index is 2810. The second kappa shape index (κ2) is 28.3. The number of ether oxygens (including phenoxy) is 2. The minimum Gasteiger partial charge on any atom is -0.396 e. The zero-order valence-electron chi connectivity index (χ0n) is 54.2. The van der Waals surface area contributed by atoms with Crippen molar-refractivity contribution in [2.75, 3.05) is 71.0 Å². The third kappa shape index (κ3) is 15.1. The zero-order chi connectivity index (χ0) is 60.4. The van der Waals surface area contributed by atoms with Gasteiger partial charge < -0.3 is 35.0 Å². The number of nitrogens with zero attached hydrogens (tertiary/aromatic N) is 4. The van der Waals surface area contributed by atoms with E-state index in [2.05, 4.69) is 260 Å². The molecule has 0 spiro atoms. The summed E-state index contributed by atoms with van der Waals surface area (Å²) in [5.74, 6) is 2.37. The topological polar surface area (TPSA) is 109 Å². The Balaban J connectivity index is 0.000000204. The number of fused-ring (bicyclic) bond motifs is 4. The second-order valence-electron chi connectivity index (χ2n) is 26.6. The summed E-state index contributed by atoms with van der Waals surface area (Å²) in [5, 5.41) is 14.7. The lowest BCUT2D eigenvalue weighted by atomic mass is 9.76. The summed E-state index contributed by atoms with van der Waals surface area (Å²) >= 11 is 0. The van der Waals surface area contributed by atoms with Crippen LogP contribution in [0.15, 0.2) is 84.9 Å². The number of carbonyl (C=O) groups is 2. The van der Waals surface area contributed by atoms with Gasteiger partial charge in [0.05, 0.1) is 24.0 Å². The third-order valence-electron chi connectivity index (χ3n) is 17.5. The molecule has 11 heteroatoms. The Morgan fingerprint density at radius 1 is 0.556 bits per heavy atom. The second-order valence-corrected chi connectivity index (χ2v) is 26.6. The normalized spacial score (nSPS) is 18.4. The molecule has 4 aliphatic heterocycles. The molecule has 4 aromatic carbocycles. The fourth-order valence-electron chi connectivity index (χ4n) is 14.8. The molecule has 0 aromatic heterocycles. The van der Waals surface area contributed by atoms with E-state index < -0.39 is 0 Å². The lowest BCUT2D eigenvalue weighted by molar-refractivity contribution is -0.405. The molecule has 81 heavy (non-hydrogen) atoms. The molecule has 2 atom stereocenters. The van der Waals surface area contributed by atoms with Crippen molar-refractivity contribution < 1.29 is 33.3 Å². The molecule has 0 saturated carbocycles. The Morgan fingerprint density at radius 2 is 0.975 bits per heavy atom. The lowest BCUT2D eigenvalue weighted by Crippen LogP contribution is -2.43. The summed E-state index contributed by atoms with van der Waals surface area (Å²) < 4.78 is 15.3. The summed E-state index contributed by atoms with van der Waals surface area (Å²) in [4.78, 5) is 28.7. The number of rotatable bonds is 19. The van der Waals surface area contributed by atoms with Gasteiger partial charge in [-0.1, -0.05) is 145 Å². The number of hydrogen-bond acceptors (Lipinski definition) is 7. The molecule has 446 valence electrons. The Kier molecular flexibility index (Phi) is 23.2. The van der Waals surface area contributed by atoms with E-state index in [1.807, 2.05) is 0 Å². The number of benzene rings is 4. The zero-order valence-corrected chi connectivity index (χ0v) is 54.2. The number of aliphatic hydroxyl groups excluding tert-OH is 1. The summed E-state index contributed by atoms with van der Waals surface area (Å²) in [7, 11) is 8.73. The van der Waals surface area contributed by atoms with Crippen molar-refractivity contribution >= 4 is 46.0 Å². The van der Waals surface area contributed by atoms with Gasteiger partial charge >= 0.3 is 0 Å². The molecule has 2 unspecified atom stereocenters. The molecule has 8 rings (SSSR count). The van der Waals surface area contributed by atoms with E-state index >= 15 is 0 Å². The van der Waals surface area contributed by atoms with Crippen LogP contribution in [0.2, 0.25) is 0 Å². The molecule has 3 N–H and O–H groups in total. The number of amides is 2. The van der Waals surface area contributed by atoms with E-state index in [0.29, 0.717) is 87.9 Å². The fourth-order valence-corrected chi connectivity index (χ4v) is 14.8. The first-order valence-corrected chi connectivity index (χ1v) is 30.4. The van der Waals surface area contributed by atoms with Crippen molar-refractivity contribution in [3.05, 3.63) is 118 Å². The Hall–Kier alpha value is -5.36. The molecule has 4 aromatic rings. The molecule has 4 heterocycles. The van der Waals surface area contributed by atoms with E-state index in [4.69, 9.17) is 14.6 Å². The van der Waals surface area contributed by atoms with Gasteiger partial charge in [0.15, 0.2) is 11.4 Å². The van der Waals surface area contributed by atoms with Crippen LogP contribution in [-0.2, 0) is 53.8 Å². The van der Waals surface area contributed by atoms with Crippen molar-refractivity contribution in [3.8, 4) is 0 Å². The number of carbonyl (C=O) groups excluding carboxylic acids is 2. The third-order valence-corrected chi connectivity index (χ3v) is 17.5. The van der Waals surface area contributed by atoms with E-state index in [-0.39, 0.29) is 40.1 Å². The lowest BCUT2D eigenvalue weighted by Gasteiger charge is -2.35. The SMILES string of the molecule is CC(C)C1=[N+](C)c2ccc(CNC(=O)CCOCCCO)cc2C1(C)C.CC(C)C1=[N+](C)c2ccccc2C1(C)C.CC(C)C1N(C)c2ccccc2C1(C)C.CCCOCCC(=O)NCc1ccc2c(c1)C(C)(C)C(C(C)C)N2C. The van der Waals surface area contributed by atoms with Gasteiger partial charge in [0.1, 0.15) is 14.1 Å². The number of nitrogens with one attached hydrogen (secondary N) is 2. The summed E-state index contributed by atoms with van der Waals surface area (Å²) in [6.45, 7) is 42.2. The van der Waals surface area contributed by atoms with Crippen LogP contribution >= 0.6 is 0 Å². The number of anilines is 2. The van der Waals surface area contributed by atoms with Crippen molar-refractivity contribution in [1.82, 2.24) is 10.6 Å². The molecule has 0 aliphatic carbocycles. The Morgan fingerprint density at radius 3 is 1.44 bits per heavy atom. The fraction of sp³-hybridized carbons (Fsp3) is 0.600. The maximum atomic E-state index is 12.0. The maximum absolute atomic E-state index is 12.0. The molecular weight excluding hydrogens is 1000 g/mol. The highest BCUT2D eigenvalue weighted by Crippen LogP contribution is 2.49. The van der Waals surface area contributed by atoms with Gasteiger partial charge in [-0.05, 0) is 92.8 Å². The molecule has 0 bridgehead atoms. The largest absolute Gasteiger partial charge is 0.396 e. The van der Waals surface area contributed by atoms with E-state index in [1.165, 1.54) is 56.4 Å². The average Bonchev–Trinajstić information content (AvgIpc) is 4.12. The molecular formula is C70H108N6O5+2. The minimum atomic E-state index is -0.0136. The average molecular weight is 1110 g/mol. The van der Waals surface area contributed by atoms with E-state index in [0.717, 1.165) is 24.2 Å². The van der Waals surface area contributed by atoms with Crippen LogP contribution in [-0.4, -0.2) is 111 Å². The molecule has 4 aliphatic rings. The highest BCUT2D eigenvalue weighted by atomic mass is 16.5. The van der Waals surface area contributed by atoms with Crippen LogP contribution < -0.4 is 20.4 Å². The monoisotopic (exact) mass is 1110 g/mol. The first kappa shape index (κ1) is 66.4. The van der Waals surface area contributed by atoms with Crippen LogP contribution in [0.5, 0.6) is 0 Å². The molecule has 0 radical (unpaired) electrons. The number of aliphatic hydroxyl groups is 1. The summed E-state index contributed by atoms with van der Waals surface area (Å²) in [6.07, 6.45) is 2.36. The summed E-state index contributed by atoms with van der Waals surface area (Å²) in [5.41, 5.74) is 16.8. The Labute approximate surface area is 491 Å². The molecule has 0 fully saturated rings. The quantitative estimate of drug-likeness (QED) is 0.0634. The van der Waals surface area contributed by atoms with Crippen molar-refractivity contribution in [3.63, 3.8) is 0 Å². The van der Waals surface area contributed by atoms with Crippen LogP contribution in [0.3, 0.4) is 0 Å². The van der Waals surface area contributed by atoms with Gasteiger partial charge in [-0.15, -0.1) is 0 Å². The van der Waals surface area contributed by atoms with Crippen LogP contribution in [0, 0.1) is 23.7 Å². The van der Waals surface area contributed by atoms with Crippen LogP contribution in [0.25, 0.3) is 0 Å². The number of para-hydroxylation sites is 2. The highest BCUT2D eigenvalue weighted by Gasteiger charge is 2.48. The maximum Gasteiger partial charge on any atom is 0.222 e. The first-order chi connectivity index (χ1) is 38.0. The van der Waals surface area contributed by atoms with E-state index in [9.17, 15) is 9.59 Å². The van der Waals surface area contributed by atoms with Gasteiger partial charge in [-0.2, -0.15) is 0 Å². The van der Waals surface area contributed by atoms with E-state index in [1.54, 1.807) is 0 Å². The van der Waals surface area contributed by atoms with Crippen molar-refractivity contribution in [1.29, 1.82) is 0 Å². The van der Waals surface area contributed by atoms with Gasteiger partial charge in [-0.25, -0.2) is 9.15 Å². The number of likely N-dealkylation sites (N-methyl/N-ethyl adjacent to an activating group) is 2. The number of hydrogen-bond donors (Lipinski definition) is 3. The minimum absolute atomic E-state index is 0.00118. The van der Waals surface area contributed by atoms with Crippen LogP contribution in [0.1, 0.15) is 177 Å². The predicted octanol–water partition coefficient (Wildman–Crippen LogP) is 13.4.